The highest BCUT2D eigenvalue weighted by Crippen LogP contribution is 2.52. The first kappa shape index (κ1) is 14.5. The zero-order valence-corrected chi connectivity index (χ0v) is 13.4. The lowest BCUT2D eigenvalue weighted by Crippen LogP contribution is -2.35. The molecule has 124 valence electrons. The maximum Gasteiger partial charge on any atom is 0.288 e. The van der Waals surface area contributed by atoms with Crippen molar-refractivity contribution in [1.82, 2.24) is 29.9 Å². The number of nitrogens with zero attached hydrogens (tertiary/aromatic N) is 7. The van der Waals surface area contributed by atoms with Crippen molar-refractivity contribution in [3.8, 4) is 0 Å². The molecule has 4 heterocycles. The summed E-state index contributed by atoms with van der Waals surface area (Å²) in [5, 5.41) is 1.67. The van der Waals surface area contributed by atoms with Crippen molar-refractivity contribution in [2.75, 3.05) is 4.90 Å². The van der Waals surface area contributed by atoms with Crippen molar-refractivity contribution < 1.29 is 0 Å². The minimum absolute atomic E-state index is 0.454. The van der Waals surface area contributed by atoms with E-state index in [9.17, 15) is 4.79 Å². The fraction of sp³-hybridized carbons (Fsp3) is 0.0556. The maximum atomic E-state index is 11.7. The zero-order valence-electron chi connectivity index (χ0n) is 13.4. The Kier molecular flexibility index (Phi) is 3.14. The smallest absolute Gasteiger partial charge is 0.288 e. The Hall–Kier alpha value is -3.81. The number of hydrogen-bond acceptors (Lipinski definition) is 8. The Morgan fingerprint density at radius 2 is 1.85 bits per heavy atom. The molecule has 1 aromatic carbocycles. The van der Waals surface area contributed by atoms with Crippen LogP contribution in [0.25, 0.3) is 21.9 Å². The summed E-state index contributed by atoms with van der Waals surface area (Å²) in [4.78, 5) is 39.3. The molecular weight excluding hydrogens is 330 g/mol. The monoisotopic (exact) mass is 341 g/mol. The molecule has 0 spiro atoms. The predicted octanol–water partition coefficient (Wildman–Crippen LogP) is 1.94. The number of aromatic nitrogens is 6. The quantitative estimate of drug-likeness (QED) is 0.612. The van der Waals surface area contributed by atoms with Crippen LogP contribution in [0.4, 0.5) is 11.5 Å². The fourth-order valence-electron chi connectivity index (χ4n) is 3.00. The molecular formula is C18H11N7O. The summed E-state index contributed by atoms with van der Waals surface area (Å²) in [6, 6.07) is 7.52. The first-order valence-electron chi connectivity index (χ1n) is 7.95. The van der Waals surface area contributed by atoms with Crippen LogP contribution in [0.1, 0.15) is 5.69 Å². The molecule has 0 radical (unpaired) electrons. The van der Waals surface area contributed by atoms with Crippen LogP contribution in [0.3, 0.4) is 0 Å². The van der Waals surface area contributed by atoms with Gasteiger partial charge in [-0.25, -0.2) is 19.9 Å². The molecule has 0 saturated heterocycles. The van der Waals surface area contributed by atoms with Gasteiger partial charge in [-0.15, -0.1) is 0 Å². The number of benzene rings is 1. The number of para-hydroxylation sites is 1. The van der Waals surface area contributed by atoms with Crippen molar-refractivity contribution in [2.45, 2.75) is 6.54 Å². The maximum absolute atomic E-state index is 11.7. The van der Waals surface area contributed by atoms with E-state index in [4.69, 9.17) is 4.98 Å². The van der Waals surface area contributed by atoms with Crippen LogP contribution >= 0.6 is 0 Å². The van der Waals surface area contributed by atoms with Gasteiger partial charge in [0.15, 0.2) is 5.65 Å². The largest absolute Gasteiger partial charge is 0.317 e. The molecule has 0 bridgehead atoms. The molecule has 2 aliphatic rings. The first-order chi connectivity index (χ1) is 12.8. The second kappa shape index (κ2) is 5.62. The average Bonchev–Trinajstić information content (AvgIpc) is 2.62. The second-order valence-electron chi connectivity index (χ2n) is 5.75. The first-order valence-corrected chi connectivity index (χ1v) is 7.95. The molecule has 5 rings (SSSR count). The van der Waals surface area contributed by atoms with E-state index in [0.29, 0.717) is 17.7 Å². The van der Waals surface area contributed by atoms with Gasteiger partial charge in [0, 0.05) is 24.0 Å². The van der Waals surface area contributed by atoms with Crippen LogP contribution < -0.4 is 10.5 Å². The molecule has 0 atom stereocenters. The summed E-state index contributed by atoms with van der Waals surface area (Å²) in [6.07, 6.45) is 7.11. The van der Waals surface area contributed by atoms with E-state index in [1.54, 1.807) is 6.20 Å². The topological polar surface area (TPSA) is 97.6 Å². The molecule has 26 heavy (non-hydrogen) atoms. The van der Waals surface area contributed by atoms with Gasteiger partial charge in [0.05, 0.1) is 35.0 Å². The summed E-state index contributed by atoms with van der Waals surface area (Å²) in [7, 11) is 0. The second-order valence-corrected chi connectivity index (χ2v) is 5.75. The van der Waals surface area contributed by atoms with Crippen molar-refractivity contribution in [3.63, 3.8) is 0 Å². The van der Waals surface area contributed by atoms with Gasteiger partial charge in [-0.05, 0) is 6.07 Å². The minimum Gasteiger partial charge on any atom is -0.317 e. The molecule has 3 aromatic rings. The van der Waals surface area contributed by atoms with Crippen LogP contribution in [-0.4, -0.2) is 29.9 Å². The Bertz CT molecular complexity index is 1260. The highest BCUT2D eigenvalue weighted by atomic mass is 16.1. The SMILES string of the molecule is O=c1cncc2ccccc2nc2ncnc3c2c2c(nccn1)CN32. The summed E-state index contributed by atoms with van der Waals surface area (Å²) < 4.78 is 0. The molecule has 8 nitrogen and oxygen atoms in total. The number of fused-ring (bicyclic) bond motifs is 2. The molecule has 0 aliphatic carbocycles. The van der Waals surface area contributed by atoms with Gasteiger partial charge in [0.25, 0.3) is 5.56 Å². The van der Waals surface area contributed by atoms with Crippen LogP contribution in [-0.2, 0) is 6.54 Å². The van der Waals surface area contributed by atoms with E-state index >= 15 is 0 Å². The molecule has 8 heteroatoms. The number of hydrogen-bond donors (Lipinski definition) is 0. The molecule has 0 unspecified atom stereocenters. The van der Waals surface area contributed by atoms with Gasteiger partial charge in [-0.1, -0.05) is 18.2 Å². The van der Waals surface area contributed by atoms with Gasteiger partial charge in [0.1, 0.15) is 12.1 Å². The summed E-state index contributed by atoms with van der Waals surface area (Å²) in [5.41, 5.74) is 2.72. The minimum atomic E-state index is -0.454. The summed E-state index contributed by atoms with van der Waals surface area (Å²) >= 11 is 0. The Labute approximate surface area is 146 Å². The van der Waals surface area contributed by atoms with Crippen LogP contribution in [0.5, 0.6) is 0 Å². The van der Waals surface area contributed by atoms with Gasteiger partial charge in [0.2, 0.25) is 0 Å². The van der Waals surface area contributed by atoms with Crippen molar-refractivity contribution in [2.24, 2.45) is 0 Å². The van der Waals surface area contributed by atoms with Crippen molar-refractivity contribution in [1.29, 1.82) is 0 Å². The predicted molar refractivity (Wildman–Crippen MR) is 95.6 cm³/mol. The number of anilines is 2. The fourth-order valence-corrected chi connectivity index (χ4v) is 3.00. The van der Waals surface area contributed by atoms with Crippen molar-refractivity contribution in [3.05, 3.63) is 71.4 Å². The zero-order chi connectivity index (χ0) is 17.5. The Morgan fingerprint density at radius 1 is 0.962 bits per heavy atom. The third-order valence-electron chi connectivity index (χ3n) is 4.21. The molecule has 2 aromatic heterocycles. The van der Waals surface area contributed by atoms with Crippen molar-refractivity contribution >= 4 is 33.4 Å². The molecule has 0 fully saturated rings. The summed E-state index contributed by atoms with van der Waals surface area (Å²) in [5.74, 6) is 0.861. The Morgan fingerprint density at radius 3 is 2.81 bits per heavy atom. The highest BCUT2D eigenvalue weighted by molar-refractivity contribution is 6.12. The van der Waals surface area contributed by atoms with Gasteiger partial charge in [-0.3, -0.25) is 14.8 Å². The normalized spacial score (nSPS) is 12.5. The average molecular weight is 341 g/mol. The lowest BCUT2D eigenvalue weighted by atomic mass is 10.00. The van der Waals surface area contributed by atoms with E-state index < -0.39 is 5.56 Å². The number of rotatable bonds is 0. The Balaban J connectivity index is 1.93. The lowest BCUT2D eigenvalue weighted by molar-refractivity contribution is 0.806. The molecule has 2 aliphatic heterocycles. The van der Waals surface area contributed by atoms with E-state index in [1.165, 1.54) is 18.7 Å². The third kappa shape index (κ3) is 2.20. The van der Waals surface area contributed by atoms with Crippen LogP contribution in [0.15, 0.2) is 60.2 Å². The summed E-state index contributed by atoms with van der Waals surface area (Å²) in [6.45, 7) is 0.670. The van der Waals surface area contributed by atoms with Gasteiger partial charge in [-0.2, -0.15) is 0 Å². The standard InChI is InChI=1S/C18H11N7O/c26-14-8-19-7-11-3-1-2-4-12(11)24-17-15-16-13(20-5-6-21-14)9-25(16)18(15)23-10-22-17/h1-8,10H,9H2. The van der Waals surface area contributed by atoms with E-state index in [1.807, 2.05) is 24.3 Å². The molecule has 0 saturated carbocycles. The van der Waals surface area contributed by atoms with E-state index in [2.05, 4.69) is 29.8 Å². The van der Waals surface area contributed by atoms with Gasteiger partial charge >= 0.3 is 0 Å². The van der Waals surface area contributed by atoms with Gasteiger partial charge < -0.3 is 4.90 Å². The third-order valence-corrected chi connectivity index (χ3v) is 4.21. The molecule has 0 amide bonds. The van der Waals surface area contributed by atoms with E-state index in [-0.39, 0.29) is 0 Å². The van der Waals surface area contributed by atoms with E-state index in [0.717, 1.165) is 34.2 Å². The van der Waals surface area contributed by atoms with Crippen LogP contribution in [0, 0.1) is 0 Å². The highest BCUT2D eigenvalue weighted by Gasteiger charge is 2.38. The lowest BCUT2D eigenvalue weighted by Gasteiger charge is -2.41. The van der Waals surface area contributed by atoms with Crippen LogP contribution in [0.2, 0.25) is 0 Å². The molecule has 0 N–H and O–H groups in total.